The van der Waals surface area contributed by atoms with Crippen molar-refractivity contribution < 1.29 is 9.47 Å². The van der Waals surface area contributed by atoms with Crippen molar-refractivity contribution in [1.29, 1.82) is 0 Å². The Morgan fingerprint density at radius 2 is 2.36 bits per heavy atom. The summed E-state index contributed by atoms with van der Waals surface area (Å²) in [6.45, 7) is 4.13. The minimum absolute atomic E-state index is 0.185. The highest BCUT2D eigenvalue weighted by atomic mass is 16.7. The minimum atomic E-state index is -0.185. The van der Waals surface area contributed by atoms with Crippen molar-refractivity contribution >= 4 is 0 Å². The third kappa shape index (κ3) is 2.76. The van der Waals surface area contributed by atoms with Crippen LogP contribution in [0, 0.1) is 0 Å². The zero-order chi connectivity index (χ0) is 8.10. The molecule has 2 atom stereocenters. The Morgan fingerprint density at radius 3 is 2.91 bits per heavy atom. The molecule has 0 saturated carbocycles. The van der Waals surface area contributed by atoms with Gasteiger partial charge >= 0.3 is 0 Å². The van der Waals surface area contributed by atoms with E-state index in [1.807, 2.05) is 25.2 Å². The Labute approximate surface area is 67.5 Å². The summed E-state index contributed by atoms with van der Waals surface area (Å²) < 4.78 is 10.6. The van der Waals surface area contributed by atoms with Crippen molar-refractivity contribution in [3.63, 3.8) is 0 Å². The van der Waals surface area contributed by atoms with Gasteiger partial charge in [0.2, 0.25) is 6.29 Å². The van der Waals surface area contributed by atoms with Crippen LogP contribution in [0.1, 0.15) is 20.3 Å². The normalized spacial score (nSPS) is 24.7. The second kappa shape index (κ2) is 4.19. The fourth-order valence-corrected chi connectivity index (χ4v) is 0.771. The molecule has 1 aliphatic heterocycles. The van der Waals surface area contributed by atoms with E-state index in [9.17, 15) is 0 Å². The fraction of sp³-hybridized carbons (Fsp3) is 0.556. The Balaban J connectivity index is 2.27. The van der Waals surface area contributed by atoms with E-state index in [4.69, 9.17) is 9.47 Å². The molecule has 0 fully saturated rings. The van der Waals surface area contributed by atoms with Gasteiger partial charge in [0.15, 0.2) is 0 Å². The summed E-state index contributed by atoms with van der Waals surface area (Å²) in [7, 11) is 0. The molecule has 0 bridgehead atoms. The molecular formula is C9H14O2. The van der Waals surface area contributed by atoms with Gasteiger partial charge in [0, 0.05) is 0 Å². The highest BCUT2D eigenvalue weighted by Gasteiger charge is 2.09. The lowest BCUT2D eigenvalue weighted by molar-refractivity contribution is -0.107. The molecule has 2 unspecified atom stereocenters. The second-order valence-electron chi connectivity index (χ2n) is 2.57. The molecule has 0 aromatic carbocycles. The molecule has 2 nitrogen and oxygen atoms in total. The lowest BCUT2D eigenvalue weighted by Gasteiger charge is -2.19. The van der Waals surface area contributed by atoms with Gasteiger partial charge < -0.3 is 9.47 Å². The number of hydrogen-bond donors (Lipinski definition) is 0. The largest absolute Gasteiger partial charge is 0.469 e. The summed E-state index contributed by atoms with van der Waals surface area (Å²) in [5, 5.41) is 0. The van der Waals surface area contributed by atoms with Crippen molar-refractivity contribution in [2.24, 2.45) is 0 Å². The summed E-state index contributed by atoms with van der Waals surface area (Å²) in [6, 6.07) is 0. The molecule has 0 radical (unpaired) electrons. The smallest absolute Gasteiger partial charge is 0.219 e. The SMILES string of the molecule is CCC(C)OC1C=CC=CO1. The van der Waals surface area contributed by atoms with Crippen molar-refractivity contribution in [3.8, 4) is 0 Å². The maximum absolute atomic E-state index is 5.48. The molecule has 0 aromatic heterocycles. The predicted octanol–water partition coefficient (Wildman–Crippen LogP) is 2.23. The third-order valence-electron chi connectivity index (χ3n) is 1.61. The van der Waals surface area contributed by atoms with Crippen molar-refractivity contribution in [3.05, 3.63) is 24.5 Å². The summed E-state index contributed by atoms with van der Waals surface area (Å²) in [6.07, 6.45) is 8.40. The van der Waals surface area contributed by atoms with Gasteiger partial charge in [-0.15, -0.1) is 0 Å². The van der Waals surface area contributed by atoms with Crippen molar-refractivity contribution in [2.75, 3.05) is 0 Å². The second-order valence-corrected chi connectivity index (χ2v) is 2.57. The van der Waals surface area contributed by atoms with E-state index in [-0.39, 0.29) is 12.4 Å². The Morgan fingerprint density at radius 1 is 1.55 bits per heavy atom. The van der Waals surface area contributed by atoms with Crippen LogP contribution in [-0.2, 0) is 9.47 Å². The summed E-state index contributed by atoms with van der Waals surface area (Å²) >= 11 is 0. The quantitative estimate of drug-likeness (QED) is 0.620. The van der Waals surface area contributed by atoms with Crippen molar-refractivity contribution in [2.45, 2.75) is 32.7 Å². The van der Waals surface area contributed by atoms with Crippen LogP contribution >= 0.6 is 0 Å². The first kappa shape index (κ1) is 8.34. The van der Waals surface area contributed by atoms with Gasteiger partial charge in [-0.05, 0) is 25.5 Å². The van der Waals surface area contributed by atoms with E-state index in [2.05, 4.69) is 6.92 Å². The Bertz CT molecular complexity index is 161. The van der Waals surface area contributed by atoms with Crippen LogP contribution < -0.4 is 0 Å². The Kier molecular flexibility index (Phi) is 3.17. The van der Waals surface area contributed by atoms with Crippen molar-refractivity contribution in [1.82, 2.24) is 0 Å². The first-order valence-corrected chi connectivity index (χ1v) is 3.97. The van der Waals surface area contributed by atoms with Crippen LogP contribution in [0.3, 0.4) is 0 Å². The van der Waals surface area contributed by atoms with Gasteiger partial charge in [-0.2, -0.15) is 0 Å². The van der Waals surface area contributed by atoms with E-state index < -0.39 is 0 Å². The average molecular weight is 154 g/mol. The molecule has 0 saturated heterocycles. The van der Waals surface area contributed by atoms with Crippen LogP contribution in [0.5, 0.6) is 0 Å². The highest BCUT2D eigenvalue weighted by Crippen LogP contribution is 2.08. The molecule has 62 valence electrons. The van der Waals surface area contributed by atoms with Gasteiger partial charge in [0.1, 0.15) is 0 Å². The zero-order valence-corrected chi connectivity index (χ0v) is 6.99. The molecule has 1 heterocycles. The van der Waals surface area contributed by atoms with Crippen LogP contribution in [0.25, 0.3) is 0 Å². The molecule has 0 N–H and O–H groups in total. The van der Waals surface area contributed by atoms with Crippen LogP contribution in [0.4, 0.5) is 0 Å². The number of hydrogen-bond acceptors (Lipinski definition) is 2. The standard InChI is InChI=1S/C9H14O2/c1-3-8(2)11-9-6-4-5-7-10-9/h4-9H,3H2,1-2H3. The minimum Gasteiger partial charge on any atom is -0.469 e. The van der Waals surface area contributed by atoms with Gasteiger partial charge in [0.05, 0.1) is 12.4 Å². The van der Waals surface area contributed by atoms with Gasteiger partial charge in [-0.1, -0.05) is 13.0 Å². The first-order chi connectivity index (χ1) is 5.33. The Hall–Kier alpha value is -0.760. The third-order valence-corrected chi connectivity index (χ3v) is 1.61. The van der Waals surface area contributed by atoms with Gasteiger partial charge in [-0.25, -0.2) is 0 Å². The number of rotatable bonds is 3. The van der Waals surface area contributed by atoms with E-state index in [1.165, 1.54) is 0 Å². The molecule has 0 aliphatic carbocycles. The topological polar surface area (TPSA) is 18.5 Å². The molecule has 11 heavy (non-hydrogen) atoms. The lowest BCUT2D eigenvalue weighted by atomic mass is 10.3. The molecule has 0 aromatic rings. The predicted molar refractivity (Wildman–Crippen MR) is 44.0 cm³/mol. The monoisotopic (exact) mass is 154 g/mol. The van der Waals surface area contributed by atoms with Gasteiger partial charge in [0.25, 0.3) is 0 Å². The molecule has 0 spiro atoms. The molecule has 1 rings (SSSR count). The van der Waals surface area contributed by atoms with E-state index in [0.29, 0.717) is 0 Å². The van der Waals surface area contributed by atoms with E-state index >= 15 is 0 Å². The molecular weight excluding hydrogens is 140 g/mol. The zero-order valence-electron chi connectivity index (χ0n) is 6.99. The maximum atomic E-state index is 5.48. The van der Waals surface area contributed by atoms with Gasteiger partial charge in [-0.3, -0.25) is 0 Å². The van der Waals surface area contributed by atoms with Crippen LogP contribution in [0.15, 0.2) is 24.5 Å². The van der Waals surface area contributed by atoms with Crippen LogP contribution in [0.2, 0.25) is 0 Å². The summed E-state index contributed by atoms with van der Waals surface area (Å²) in [5.41, 5.74) is 0. The maximum Gasteiger partial charge on any atom is 0.219 e. The molecule has 2 heteroatoms. The van der Waals surface area contributed by atoms with Crippen LogP contribution in [-0.4, -0.2) is 12.4 Å². The molecule has 1 aliphatic rings. The van der Waals surface area contributed by atoms with E-state index in [1.54, 1.807) is 6.26 Å². The average Bonchev–Trinajstić information content (AvgIpc) is 2.06. The first-order valence-electron chi connectivity index (χ1n) is 3.97. The number of ether oxygens (including phenoxy) is 2. The fourth-order valence-electron chi connectivity index (χ4n) is 0.771. The lowest BCUT2D eigenvalue weighted by Crippen LogP contribution is -2.19. The highest BCUT2D eigenvalue weighted by molar-refractivity contribution is 5.05. The molecule has 0 amide bonds. The summed E-state index contributed by atoms with van der Waals surface area (Å²) in [4.78, 5) is 0. The number of allylic oxidation sites excluding steroid dienone is 2. The van der Waals surface area contributed by atoms with E-state index in [0.717, 1.165) is 6.42 Å². The summed E-state index contributed by atoms with van der Waals surface area (Å²) in [5.74, 6) is 0.